The number of carboxylic acid groups (broad SMARTS) is 1. The van der Waals surface area contributed by atoms with Gasteiger partial charge in [0.2, 0.25) is 0 Å². The molecule has 1 heterocycles. The minimum atomic E-state index is -1.12. The van der Waals surface area contributed by atoms with Crippen molar-refractivity contribution < 1.29 is 23.4 Å². The van der Waals surface area contributed by atoms with Crippen molar-refractivity contribution >= 4 is 22.6 Å². The van der Waals surface area contributed by atoms with Gasteiger partial charge in [-0.3, -0.25) is 4.79 Å². The molecule has 4 aromatic rings. The molecule has 0 fully saturated rings. The lowest BCUT2D eigenvalue weighted by molar-refractivity contribution is -0.137. The number of aromatic nitrogens is 1. The van der Waals surface area contributed by atoms with Gasteiger partial charge in [0.15, 0.2) is 0 Å². The van der Waals surface area contributed by atoms with Gasteiger partial charge in [0, 0.05) is 22.6 Å². The Morgan fingerprint density at radius 2 is 1.71 bits per heavy atom. The second kappa shape index (κ2) is 9.16. The predicted octanol–water partition coefficient (Wildman–Crippen LogP) is 5.61. The summed E-state index contributed by atoms with van der Waals surface area (Å²) in [5.41, 5.74) is 3.06. The van der Waals surface area contributed by atoms with E-state index in [-0.39, 0.29) is 11.3 Å². The number of benzene rings is 3. The summed E-state index contributed by atoms with van der Waals surface area (Å²) in [4.78, 5) is 16.0. The average molecular weight is 459 g/mol. The molecule has 1 atom stereocenters. The summed E-state index contributed by atoms with van der Waals surface area (Å²) in [6, 6.07) is 16.3. The van der Waals surface area contributed by atoms with Gasteiger partial charge in [-0.15, -0.1) is 0 Å². The number of carbonyl (C=O) groups is 1. The van der Waals surface area contributed by atoms with Crippen LogP contribution in [0.4, 0.5) is 14.5 Å². The summed E-state index contributed by atoms with van der Waals surface area (Å²) >= 11 is 0. The molecule has 0 aliphatic carbocycles. The van der Waals surface area contributed by atoms with Crippen molar-refractivity contribution in [2.75, 3.05) is 12.4 Å². The number of carboxylic acids is 1. The van der Waals surface area contributed by atoms with Crippen molar-refractivity contribution in [1.82, 2.24) is 4.98 Å². The molecule has 0 saturated heterocycles. The number of hydrogen-bond donors (Lipinski definition) is 2. The number of hydrogen-bond acceptors (Lipinski definition) is 5. The Kier molecular flexibility index (Phi) is 6.11. The van der Waals surface area contributed by atoms with Crippen molar-refractivity contribution in [2.24, 2.45) is 0 Å². The van der Waals surface area contributed by atoms with Crippen LogP contribution in [0.25, 0.3) is 33.3 Å². The van der Waals surface area contributed by atoms with Gasteiger partial charge in [0.25, 0.3) is 0 Å². The SMILES string of the molecule is COc1cc(F)ccc1-c1ccc(-c2nc3ccc(F)cc3c(NC(C)C(=O)O)c2C#N)cc1. The summed E-state index contributed by atoms with van der Waals surface area (Å²) in [5.74, 6) is -1.69. The number of nitriles is 1. The number of methoxy groups -OCH3 is 1. The molecule has 1 aromatic heterocycles. The van der Waals surface area contributed by atoms with E-state index < -0.39 is 23.6 Å². The molecule has 6 nitrogen and oxygen atoms in total. The summed E-state index contributed by atoms with van der Waals surface area (Å²) in [6.07, 6.45) is 0. The molecule has 0 spiro atoms. The molecule has 34 heavy (non-hydrogen) atoms. The third-order valence-corrected chi connectivity index (χ3v) is 5.42. The van der Waals surface area contributed by atoms with Crippen molar-refractivity contribution in [3.63, 3.8) is 0 Å². The number of ether oxygens (including phenoxy) is 1. The number of pyridine rings is 1. The van der Waals surface area contributed by atoms with E-state index in [4.69, 9.17) is 4.74 Å². The molecule has 0 saturated carbocycles. The molecule has 0 bridgehead atoms. The first-order valence-electron chi connectivity index (χ1n) is 10.3. The number of rotatable bonds is 6. The Morgan fingerprint density at radius 3 is 2.35 bits per heavy atom. The molecular formula is C26H19F2N3O3. The fraction of sp³-hybridized carbons (Fsp3) is 0.115. The van der Waals surface area contributed by atoms with E-state index in [0.717, 1.165) is 5.56 Å². The van der Waals surface area contributed by atoms with E-state index in [0.29, 0.717) is 33.5 Å². The first-order chi connectivity index (χ1) is 16.3. The lowest BCUT2D eigenvalue weighted by Gasteiger charge is -2.17. The maximum absolute atomic E-state index is 14.0. The first kappa shape index (κ1) is 22.7. The average Bonchev–Trinajstić information content (AvgIpc) is 2.83. The van der Waals surface area contributed by atoms with Crippen LogP contribution in [-0.4, -0.2) is 29.2 Å². The summed E-state index contributed by atoms with van der Waals surface area (Å²) < 4.78 is 32.8. The molecule has 0 aliphatic heterocycles. The van der Waals surface area contributed by atoms with Gasteiger partial charge in [-0.05, 0) is 42.8 Å². The van der Waals surface area contributed by atoms with E-state index in [9.17, 15) is 23.9 Å². The Balaban J connectivity index is 1.87. The smallest absolute Gasteiger partial charge is 0.325 e. The fourth-order valence-electron chi connectivity index (χ4n) is 3.69. The third kappa shape index (κ3) is 4.24. The monoisotopic (exact) mass is 459 g/mol. The predicted molar refractivity (Wildman–Crippen MR) is 125 cm³/mol. The van der Waals surface area contributed by atoms with E-state index in [2.05, 4.69) is 16.4 Å². The highest BCUT2D eigenvalue weighted by atomic mass is 19.1. The van der Waals surface area contributed by atoms with E-state index >= 15 is 0 Å². The zero-order chi connectivity index (χ0) is 24.4. The standard InChI is InChI=1S/C26H19F2N3O3/c1-14(26(32)33)30-25-20-11-17(27)8-10-22(20)31-24(21(25)13-29)16-5-3-15(4-6-16)19-9-7-18(28)12-23(19)34-2/h3-12,14H,1-2H3,(H,30,31)(H,32,33). The summed E-state index contributed by atoms with van der Waals surface area (Å²) in [7, 11) is 1.46. The van der Waals surface area contributed by atoms with Crippen LogP contribution in [0.1, 0.15) is 12.5 Å². The molecule has 2 N–H and O–H groups in total. The third-order valence-electron chi connectivity index (χ3n) is 5.42. The number of aliphatic carboxylic acids is 1. The Bertz CT molecular complexity index is 1450. The van der Waals surface area contributed by atoms with Gasteiger partial charge in [0.05, 0.1) is 24.0 Å². The second-order valence-electron chi connectivity index (χ2n) is 7.61. The highest BCUT2D eigenvalue weighted by Crippen LogP contribution is 2.36. The lowest BCUT2D eigenvalue weighted by Crippen LogP contribution is -2.26. The summed E-state index contributed by atoms with van der Waals surface area (Å²) in [6.45, 7) is 1.43. The molecule has 0 aliphatic rings. The van der Waals surface area contributed by atoms with Crippen molar-refractivity contribution in [3.05, 3.63) is 77.9 Å². The van der Waals surface area contributed by atoms with E-state index in [1.807, 2.05) is 0 Å². The molecule has 0 radical (unpaired) electrons. The largest absolute Gasteiger partial charge is 0.496 e. The van der Waals surface area contributed by atoms with Crippen LogP contribution in [0, 0.1) is 23.0 Å². The lowest BCUT2D eigenvalue weighted by atomic mass is 9.98. The van der Waals surface area contributed by atoms with Crippen molar-refractivity contribution in [1.29, 1.82) is 5.26 Å². The van der Waals surface area contributed by atoms with E-state index in [1.165, 1.54) is 44.4 Å². The highest BCUT2D eigenvalue weighted by molar-refractivity contribution is 5.99. The van der Waals surface area contributed by atoms with Gasteiger partial charge in [0.1, 0.15) is 35.1 Å². The maximum Gasteiger partial charge on any atom is 0.325 e. The molecule has 4 rings (SSSR count). The minimum Gasteiger partial charge on any atom is -0.496 e. The Hall–Kier alpha value is -4.51. The van der Waals surface area contributed by atoms with Gasteiger partial charge < -0.3 is 15.2 Å². The van der Waals surface area contributed by atoms with Crippen LogP contribution in [-0.2, 0) is 4.79 Å². The number of nitrogens with zero attached hydrogens (tertiary/aromatic N) is 2. The van der Waals surface area contributed by atoms with Gasteiger partial charge in [-0.1, -0.05) is 24.3 Å². The van der Waals surface area contributed by atoms with Crippen LogP contribution in [0.15, 0.2) is 60.7 Å². The molecule has 170 valence electrons. The molecule has 3 aromatic carbocycles. The van der Waals surface area contributed by atoms with Crippen LogP contribution in [0.5, 0.6) is 5.75 Å². The topological polar surface area (TPSA) is 95.2 Å². The second-order valence-corrected chi connectivity index (χ2v) is 7.61. The zero-order valence-electron chi connectivity index (χ0n) is 18.3. The molecular weight excluding hydrogens is 440 g/mol. The van der Waals surface area contributed by atoms with Gasteiger partial charge >= 0.3 is 5.97 Å². The maximum atomic E-state index is 14.0. The number of nitrogens with one attached hydrogen (secondary N) is 1. The Labute approximate surface area is 194 Å². The molecule has 1 unspecified atom stereocenters. The quantitative estimate of drug-likeness (QED) is 0.389. The van der Waals surface area contributed by atoms with Crippen LogP contribution < -0.4 is 10.1 Å². The fourth-order valence-corrected chi connectivity index (χ4v) is 3.69. The zero-order valence-corrected chi connectivity index (χ0v) is 18.3. The Morgan fingerprint density at radius 1 is 1.06 bits per heavy atom. The number of fused-ring (bicyclic) bond motifs is 1. The van der Waals surface area contributed by atoms with Crippen molar-refractivity contribution in [2.45, 2.75) is 13.0 Å². The normalized spacial score (nSPS) is 11.6. The molecule has 8 heteroatoms. The number of anilines is 1. The summed E-state index contributed by atoms with van der Waals surface area (Å²) in [5, 5.41) is 22.4. The van der Waals surface area contributed by atoms with Gasteiger partial charge in [-0.2, -0.15) is 5.26 Å². The van der Waals surface area contributed by atoms with Crippen LogP contribution >= 0.6 is 0 Å². The number of halogens is 2. The van der Waals surface area contributed by atoms with Crippen LogP contribution in [0.2, 0.25) is 0 Å². The van der Waals surface area contributed by atoms with E-state index in [1.54, 1.807) is 30.3 Å². The minimum absolute atomic E-state index is 0.0957. The van der Waals surface area contributed by atoms with Crippen molar-refractivity contribution in [3.8, 4) is 34.2 Å². The highest BCUT2D eigenvalue weighted by Gasteiger charge is 2.21. The van der Waals surface area contributed by atoms with Gasteiger partial charge in [-0.25, -0.2) is 13.8 Å². The van der Waals surface area contributed by atoms with Crippen LogP contribution in [0.3, 0.4) is 0 Å². The molecule has 0 amide bonds. The first-order valence-corrected chi connectivity index (χ1v) is 10.3.